The number of nitrogens with two attached hydrogens (primary N) is 1. The second kappa shape index (κ2) is 8.14. The highest BCUT2D eigenvalue weighted by Crippen LogP contribution is 2.60. The molecule has 1 heterocycles. The summed E-state index contributed by atoms with van der Waals surface area (Å²) in [5.41, 5.74) is 6.66. The van der Waals surface area contributed by atoms with Gasteiger partial charge in [0.25, 0.3) is 0 Å². The van der Waals surface area contributed by atoms with Gasteiger partial charge in [0.15, 0.2) is 0 Å². The molecule has 4 saturated carbocycles. The van der Waals surface area contributed by atoms with Crippen LogP contribution in [0.2, 0.25) is 0 Å². The van der Waals surface area contributed by atoms with Crippen molar-refractivity contribution in [2.24, 2.45) is 41.2 Å². The van der Waals surface area contributed by atoms with E-state index in [4.69, 9.17) is 14.9 Å². The molecule has 0 aliphatic heterocycles. The maximum atomic E-state index is 11.9. The molecule has 30 heavy (non-hydrogen) atoms. The van der Waals surface area contributed by atoms with Crippen molar-refractivity contribution in [3.8, 4) is 0 Å². The lowest BCUT2D eigenvalue weighted by molar-refractivity contribution is -0.155. The van der Waals surface area contributed by atoms with Crippen molar-refractivity contribution in [3.63, 3.8) is 0 Å². The van der Waals surface area contributed by atoms with Crippen molar-refractivity contribution in [1.82, 2.24) is 0 Å². The molecule has 164 valence electrons. The van der Waals surface area contributed by atoms with Crippen LogP contribution in [0.25, 0.3) is 0 Å². The zero-order chi connectivity index (χ0) is 20.8. The number of ether oxygens (including phenoxy) is 1. The fourth-order valence-electron chi connectivity index (χ4n) is 7.84. The third-order valence-corrected chi connectivity index (χ3v) is 9.03. The van der Waals surface area contributed by atoms with Gasteiger partial charge >= 0.3 is 11.6 Å². The second-order valence-corrected chi connectivity index (χ2v) is 10.5. The van der Waals surface area contributed by atoms with E-state index < -0.39 is 6.04 Å². The molecule has 0 radical (unpaired) electrons. The van der Waals surface area contributed by atoms with Gasteiger partial charge in [-0.2, -0.15) is 0 Å². The molecule has 9 unspecified atom stereocenters. The average molecular weight is 414 g/mol. The summed E-state index contributed by atoms with van der Waals surface area (Å²) in [5.74, 6) is 5.12. The Balaban J connectivity index is 1.25. The number of carbonyl (C=O) groups excluding carboxylic acids is 1. The maximum Gasteiger partial charge on any atom is 0.335 e. The van der Waals surface area contributed by atoms with Crippen LogP contribution in [-0.4, -0.2) is 18.1 Å². The minimum atomic E-state index is -0.526. The van der Waals surface area contributed by atoms with E-state index in [1.54, 1.807) is 19.3 Å². The Bertz CT molecular complexity index is 812. The number of hydrogen-bond acceptors (Lipinski definition) is 5. The number of esters is 1. The fraction of sp³-hybridized carbons (Fsp3) is 0.760. The van der Waals surface area contributed by atoms with Crippen molar-refractivity contribution >= 4 is 5.97 Å². The fourth-order valence-corrected chi connectivity index (χ4v) is 7.84. The Kier molecular flexibility index (Phi) is 5.51. The van der Waals surface area contributed by atoms with Gasteiger partial charge in [-0.25, -0.2) is 4.79 Å². The van der Waals surface area contributed by atoms with Crippen LogP contribution in [0.4, 0.5) is 0 Å². The second-order valence-electron chi connectivity index (χ2n) is 10.5. The zero-order valence-corrected chi connectivity index (χ0v) is 18.0. The van der Waals surface area contributed by atoms with E-state index in [2.05, 4.69) is 0 Å². The van der Waals surface area contributed by atoms with E-state index in [9.17, 15) is 9.59 Å². The van der Waals surface area contributed by atoms with Crippen LogP contribution in [0.3, 0.4) is 0 Å². The van der Waals surface area contributed by atoms with Gasteiger partial charge in [-0.15, -0.1) is 0 Å². The molecule has 0 aromatic carbocycles. The first-order valence-electron chi connectivity index (χ1n) is 12.1. The third-order valence-electron chi connectivity index (χ3n) is 9.03. The first-order valence-corrected chi connectivity index (χ1v) is 12.1. The lowest BCUT2D eigenvalue weighted by Crippen LogP contribution is -2.46. The largest absolute Gasteiger partial charge is 0.461 e. The van der Waals surface area contributed by atoms with Gasteiger partial charge in [-0.05, 0) is 118 Å². The molecule has 1 aromatic heterocycles. The smallest absolute Gasteiger partial charge is 0.335 e. The summed E-state index contributed by atoms with van der Waals surface area (Å²) in [6.07, 6.45) is 12.8. The van der Waals surface area contributed by atoms with Gasteiger partial charge in [0, 0.05) is 6.07 Å². The topological polar surface area (TPSA) is 82.5 Å². The molecule has 5 heteroatoms. The minimum absolute atomic E-state index is 0.0706. The molecule has 4 aliphatic carbocycles. The summed E-state index contributed by atoms with van der Waals surface area (Å²) in [4.78, 5) is 23.3. The van der Waals surface area contributed by atoms with E-state index in [0.717, 1.165) is 42.4 Å². The monoisotopic (exact) mass is 413 g/mol. The third kappa shape index (κ3) is 3.63. The Morgan fingerprint density at radius 2 is 1.63 bits per heavy atom. The molecule has 0 amide bonds. The van der Waals surface area contributed by atoms with Gasteiger partial charge in [0.1, 0.15) is 12.1 Å². The van der Waals surface area contributed by atoms with Gasteiger partial charge < -0.3 is 14.9 Å². The van der Waals surface area contributed by atoms with Gasteiger partial charge in [0.05, 0.1) is 6.26 Å². The van der Waals surface area contributed by atoms with E-state index in [1.807, 2.05) is 6.07 Å². The number of fused-ring (bicyclic) bond motifs is 5. The highest BCUT2D eigenvalue weighted by atomic mass is 16.5. The van der Waals surface area contributed by atoms with E-state index in [-0.39, 0.29) is 17.7 Å². The molecule has 9 atom stereocenters. The van der Waals surface area contributed by atoms with E-state index in [1.165, 1.54) is 50.5 Å². The average Bonchev–Trinajstić information content (AvgIpc) is 3.18. The molecule has 4 fully saturated rings. The molecule has 0 bridgehead atoms. The Morgan fingerprint density at radius 3 is 2.40 bits per heavy atom. The predicted molar refractivity (Wildman–Crippen MR) is 114 cm³/mol. The van der Waals surface area contributed by atoms with Crippen molar-refractivity contribution in [2.75, 3.05) is 0 Å². The highest BCUT2D eigenvalue weighted by Gasteiger charge is 2.52. The summed E-state index contributed by atoms with van der Waals surface area (Å²) in [6, 6.07) is 3.05. The van der Waals surface area contributed by atoms with Crippen LogP contribution in [-0.2, 0) is 9.53 Å². The van der Waals surface area contributed by atoms with Crippen LogP contribution in [0.1, 0.15) is 76.2 Å². The Labute approximate surface area is 178 Å². The molecular formula is C25H35NO4. The van der Waals surface area contributed by atoms with Crippen molar-refractivity contribution in [1.29, 1.82) is 0 Å². The van der Waals surface area contributed by atoms with Crippen LogP contribution in [0.15, 0.2) is 27.6 Å². The Hall–Kier alpha value is -1.62. The zero-order valence-electron chi connectivity index (χ0n) is 18.0. The van der Waals surface area contributed by atoms with Crippen molar-refractivity contribution in [3.05, 3.63) is 34.4 Å². The van der Waals surface area contributed by atoms with Gasteiger partial charge in [-0.3, -0.25) is 4.79 Å². The van der Waals surface area contributed by atoms with Crippen molar-refractivity contribution in [2.45, 2.75) is 82.8 Å². The quantitative estimate of drug-likeness (QED) is 0.749. The predicted octanol–water partition coefficient (Wildman–Crippen LogP) is 4.24. The minimum Gasteiger partial charge on any atom is -0.461 e. The summed E-state index contributed by atoms with van der Waals surface area (Å²) < 4.78 is 10.9. The summed E-state index contributed by atoms with van der Waals surface area (Å²) in [6.45, 7) is 1.70. The normalized spacial score (nSPS) is 41.3. The Morgan fingerprint density at radius 1 is 0.967 bits per heavy atom. The standard InChI is InChI=1S/C25H35NO4/c1-14(26)25(28)30-17-4-6-18-15(12-17)2-5-22-20(18)9-10-21-19(7-8-23(21)22)16-3-11-24(27)29-13-16/h3,11,13-15,17-23H,2,4-10,12,26H2,1H3. The lowest BCUT2D eigenvalue weighted by Gasteiger charge is -2.53. The highest BCUT2D eigenvalue weighted by molar-refractivity contribution is 5.75. The van der Waals surface area contributed by atoms with Gasteiger partial charge in [-0.1, -0.05) is 0 Å². The van der Waals surface area contributed by atoms with Gasteiger partial charge in [0.2, 0.25) is 0 Å². The summed E-state index contributed by atoms with van der Waals surface area (Å²) in [5, 5.41) is 0. The first-order chi connectivity index (χ1) is 14.5. The van der Waals surface area contributed by atoms with E-state index >= 15 is 0 Å². The number of hydrogen-bond donors (Lipinski definition) is 1. The van der Waals surface area contributed by atoms with Crippen LogP contribution < -0.4 is 11.4 Å². The van der Waals surface area contributed by atoms with Crippen LogP contribution >= 0.6 is 0 Å². The molecule has 2 N–H and O–H groups in total. The molecule has 0 spiro atoms. The maximum absolute atomic E-state index is 11.9. The van der Waals surface area contributed by atoms with Crippen LogP contribution in [0.5, 0.6) is 0 Å². The molecular weight excluding hydrogens is 378 g/mol. The SMILES string of the molecule is CC(N)C(=O)OC1CCC2C(CCC3C2CCC2C(c4ccc(=O)oc4)CCC23)C1. The summed E-state index contributed by atoms with van der Waals surface area (Å²) in [7, 11) is 0. The molecule has 4 aliphatic rings. The molecule has 0 saturated heterocycles. The van der Waals surface area contributed by atoms with E-state index in [0.29, 0.717) is 11.8 Å². The molecule has 1 aromatic rings. The number of rotatable bonds is 3. The van der Waals surface area contributed by atoms with Crippen molar-refractivity contribution < 1.29 is 13.9 Å². The number of carbonyl (C=O) groups is 1. The molecule has 5 nitrogen and oxygen atoms in total. The molecule has 5 rings (SSSR count). The summed E-state index contributed by atoms with van der Waals surface area (Å²) >= 11 is 0. The lowest BCUT2D eigenvalue weighted by atomic mass is 9.53. The first kappa shape index (κ1) is 20.3. The van der Waals surface area contributed by atoms with Crippen LogP contribution in [0, 0.1) is 35.5 Å².